The third-order valence-corrected chi connectivity index (χ3v) is 4.01. The number of nitrogens with zero attached hydrogens (tertiary/aromatic N) is 2. The average Bonchev–Trinajstić information content (AvgIpc) is 2.53. The van der Waals surface area contributed by atoms with Crippen molar-refractivity contribution in [2.24, 2.45) is 5.73 Å². The standard InChI is InChI=1S/C16H23N3O3/c1-12-3-5-14(6-4-12)22-11-15(20)19-9-7-18(8-10-19)13(2)16(17)21/h3-6,13H,7-11H2,1-2H3,(H2,17,21)/t13-/m1/s1. The number of piperazine rings is 1. The molecule has 0 saturated carbocycles. The first-order chi connectivity index (χ1) is 10.5. The fourth-order valence-electron chi connectivity index (χ4n) is 2.41. The Labute approximate surface area is 130 Å². The molecule has 1 saturated heterocycles. The molecule has 1 atom stereocenters. The molecule has 6 nitrogen and oxygen atoms in total. The van der Waals surface area contributed by atoms with Crippen LogP contribution in [0, 0.1) is 6.92 Å². The summed E-state index contributed by atoms with van der Waals surface area (Å²) in [4.78, 5) is 27.1. The second kappa shape index (κ2) is 7.26. The number of aryl methyl sites for hydroxylation is 1. The molecular weight excluding hydrogens is 282 g/mol. The van der Waals surface area contributed by atoms with Crippen LogP contribution >= 0.6 is 0 Å². The molecule has 0 unspecified atom stereocenters. The van der Waals surface area contributed by atoms with Gasteiger partial charge in [-0.2, -0.15) is 0 Å². The Bertz CT molecular complexity index is 522. The Kier molecular flexibility index (Phi) is 5.38. The van der Waals surface area contributed by atoms with Gasteiger partial charge in [0.25, 0.3) is 5.91 Å². The predicted octanol–water partition coefficient (Wildman–Crippen LogP) is 0.392. The van der Waals surface area contributed by atoms with E-state index in [2.05, 4.69) is 0 Å². The maximum absolute atomic E-state index is 12.1. The highest BCUT2D eigenvalue weighted by atomic mass is 16.5. The largest absolute Gasteiger partial charge is 0.484 e. The molecule has 2 rings (SSSR count). The minimum Gasteiger partial charge on any atom is -0.484 e. The van der Waals surface area contributed by atoms with E-state index in [1.165, 1.54) is 0 Å². The van der Waals surface area contributed by atoms with Crippen LogP contribution in [0.15, 0.2) is 24.3 Å². The number of ether oxygens (including phenoxy) is 1. The van der Waals surface area contributed by atoms with E-state index in [0.29, 0.717) is 31.9 Å². The minimum absolute atomic E-state index is 0.0352. The van der Waals surface area contributed by atoms with Crippen LogP contribution in [-0.2, 0) is 9.59 Å². The number of hydrogen-bond acceptors (Lipinski definition) is 4. The van der Waals surface area contributed by atoms with E-state index >= 15 is 0 Å². The normalized spacial score (nSPS) is 17.1. The van der Waals surface area contributed by atoms with E-state index in [9.17, 15) is 9.59 Å². The molecule has 1 aromatic carbocycles. The molecule has 1 heterocycles. The molecule has 2 N–H and O–H groups in total. The molecule has 120 valence electrons. The predicted molar refractivity (Wildman–Crippen MR) is 83.5 cm³/mol. The first-order valence-corrected chi connectivity index (χ1v) is 7.48. The molecule has 0 radical (unpaired) electrons. The van der Waals surface area contributed by atoms with Crippen molar-refractivity contribution in [3.05, 3.63) is 29.8 Å². The van der Waals surface area contributed by atoms with Crippen molar-refractivity contribution in [3.63, 3.8) is 0 Å². The summed E-state index contributed by atoms with van der Waals surface area (Å²) in [7, 11) is 0. The second-order valence-electron chi connectivity index (χ2n) is 5.60. The minimum atomic E-state index is -0.331. The van der Waals surface area contributed by atoms with Gasteiger partial charge >= 0.3 is 0 Å². The van der Waals surface area contributed by atoms with Gasteiger partial charge < -0.3 is 15.4 Å². The van der Waals surface area contributed by atoms with Gasteiger partial charge in [-0.3, -0.25) is 14.5 Å². The summed E-state index contributed by atoms with van der Waals surface area (Å²) >= 11 is 0. The highest BCUT2D eigenvalue weighted by Gasteiger charge is 2.26. The fraction of sp³-hybridized carbons (Fsp3) is 0.500. The van der Waals surface area contributed by atoms with E-state index in [1.54, 1.807) is 11.8 Å². The quantitative estimate of drug-likeness (QED) is 0.854. The Hall–Kier alpha value is -2.08. The summed E-state index contributed by atoms with van der Waals surface area (Å²) < 4.78 is 5.51. The van der Waals surface area contributed by atoms with Crippen molar-refractivity contribution in [2.45, 2.75) is 19.9 Å². The molecule has 0 bridgehead atoms. The third-order valence-electron chi connectivity index (χ3n) is 4.01. The van der Waals surface area contributed by atoms with Crippen LogP contribution in [0.2, 0.25) is 0 Å². The number of primary amides is 1. The van der Waals surface area contributed by atoms with Crippen LogP contribution in [0.25, 0.3) is 0 Å². The number of carbonyl (C=O) groups excluding carboxylic acids is 2. The highest BCUT2D eigenvalue weighted by molar-refractivity contribution is 5.80. The molecule has 1 aromatic rings. The van der Waals surface area contributed by atoms with Gasteiger partial charge in [0, 0.05) is 26.2 Å². The van der Waals surface area contributed by atoms with Gasteiger partial charge in [-0.1, -0.05) is 17.7 Å². The summed E-state index contributed by atoms with van der Waals surface area (Å²) in [6, 6.07) is 7.32. The molecule has 6 heteroatoms. The summed E-state index contributed by atoms with van der Waals surface area (Å²) in [6.45, 7) is 6.32. The van der Waals surface area contributed by atoms with E-state index in [-0.39, 0.29) is 24.5 Å². The van der Waals surface area contributed by atoms with Crippen LogP contribution in [-0.4, -0.2) is 60.4 Å². The summed E-state index contributed by atoms with van der Waals surface area (Å²) in [6.07, 6.45) is 0. The van der Waals surface area contributed by atoms with Gasteiger partial charge in [0.05, 0.1) is 6.04 Å². The number of carbonyl (C=O) groups is 2. The van der Waals surface area contributed by atoms with Gasteiger partial charge in [-0.15, -0.1) is 0 Å². The lowest BCUT2D eigenvalue weighted by atomic mass is 10.2. The van der Waals surface area contributed by atoms with E-state index < -0.39 is 0 Å². The smallest absolute Gasteiger partial charge is 0.260 e. The Morgan fingerprint density at radius 1 is 1.18 bits per heavy atom. The number of rotatable bonds is 5. The first-order valence-electron chi connectivity index (χ1n) is 7.48. The maximum atomic E-state index is 12.1. The second-order valence-corrected chi connectivity index (χ2v) is 5.60. The van der Waals surface area contributed by atoms with Crippen LogP contribution in [0.4, 0.5) is 0 Å². The van der Waals surface area contributed by atoms with Crippen molar-refractivity contribution >= 4 is 11.8 Å². The van der Waals surface area contributed by atoms with Crippen LogP contribution < -0.4 is 10.5 Å². The van der Waals surface area contributed by atoms with Crippen LogP contribution in [0.5, 0.6) is 5.75 Å². The van der Waals surface area contributed by atoms with Crippen molar-refractivity contribution in [1.29, 1.82) is 0 Å². The Balaban J connectivity index is 1.77. The average molecular weight is 305 g/mol. The summed E-state index contributed by atoms with van der Waals surface area (Å²) in [5.74, 6) is 0.328. The van der Waals surface area contributed by atoms with Gasteiger partial charge in [-0.05, 0) is 26.0 Å². The third kappa shape index (κ3) is 4.21. The molecule has 1 fully saturated rings. The molecule has 0 aliphatic carbocycles. The molecular formula is C16H23N3O3. The highest BCUT2D eigenvalue weighted by Crippen LogP contribution is 2.12. The lowest BCUT2D eigenvalue weighted by Gasteiger charge is -2.36. The van der Waals surface area contributed by atoms with Gasteiger partial charge in [0.2, 0.25) is 5.91 Å². The molecule has 22 heavy (non-hydrogen) atoms. The number of nitrogens with two attached hydrogens (primary N) is 1. The summed E-state index contributed by atoms with van der Waals surface area (Å²) in [5.41, 5.74) is 6.45. The molecule has 0 spiro atoms. The van der Waals surface area contributed by atoms with E-state index in [1.807, 2.05) is 36.1 Å². The van der Waals surface area contributed by atoms with Gasteiger partial charge in [0.15, 0.2) is 6.61 Å². The topological polar surface area (TPSA) is 75.9 Å². The molecule has 2 amide bonds. The molecule has 0 aromatic heterocycles. The Morgan fingerprint density at radius 2 is 1.77 bits per heavy atom. The van der Waals surface area contributed by atoms with Crippen molar-refractivity contribution in [1.82, 2.24) is 9.80 Å². The zero-order valence-electron chi connectivity index (χ0n) is 13.1. The Morgan fingerprint density at radius 3 is 2.32 bits per heavy atom. The summed E-state index contributed by atoms with van der Waals surface area (Å²) in [5, 5.41) is 0. The molecule has 1 aliphatic rings. The lowest BCUT2D eigenvalue weighted by molar-refractivity contribution is -0.135. The zero-order valence-corrected chi connectivity index (χ0v) is 13.1. The SMILES string of the molecule is Cc1ccc(OCC(=O)N2CCN([C@H](C)C(N)=O)CC2)cc1. The van der Waals surface area contributed by atoms with E-state index in [0.717, 1.165) is 5.56 Å². The number of amides is 2. The van der Waals surface area contributed by atoms with Crippen LogP contribution in [0.3, 0.4) is 0 Å². The molecule has 1 aliphatic heterocycles. The maximum Gasteiger partial charge on any atom is 0.260 e. The monoisotopic (exact) mass is 305 g/mol. The van der Waals surface area contributed by atoms with Crippen molar-refractivity contribution < 1.29 is 14.3 Å². The fourth-order valence-corrected chi connectivity index (χ4v) is 2.41. The van der Waals surface area contributed by atoms with Crippen molar-refractivity contribution in [3.8, 4) is 5.75 Å². The zero-order chi connectivity index (χ0) is 16.1. The first kappa shape index (κ1) is 16.3. The van der Waals surface area contributed by atoms with Crippen LogP contribution in [0.1, 0.15) is 12.5 Å². The number of hydrogen-bond donors (Lipinski definition) is 1. The van der Waals surface area contributed by atoms with Gasteiger partial charge in [0.1, 0.15) is 5.75 Å². The lowest BCUT2D eigenvalue weighted by Crippen LogP contribution is -2.54. The van der Waals surface area contributed by atoms with Gasteiger partial charge in [-0.25, -0.2) is 0 Å². The van der Waals surface area contributed by atoms with E-state index in [4.69, 9.17) is 10.5 Å². The number of benzene rings is 1. The van der Waals surface area contributed by atoms with Crippen molar-refractivity contribution in [2.75, 3.05) is 32.8 Å².